The molecule has 0 aliphatic heterocycles. The highest BCUT2D eigenvalue weighted by atomic mass is 79.9. The van der Waals surface area contributed by atoms with Crippen molar-refractivity contribution >= 4 is 15.9 Å². The van der Waals surface area contributed by atoms with Gasteiger partial charge < -0.3 is 5.32 Å². The normalized spacial score (nSPS) is 11.0. The van der Waals surface area contributed by atoms with Crippen LogP contribution in [0, 0.1) is 19.7 Å². The van der Waals surface area contributed by atoms with Gasteiger partial charge in [-0.15, -0.1) is 0 Å². The summed E-state index contributed by atoms with van der Waals surface area (Å²) in [4.78, 5) is 0. The summed E-state index contributed by atoms with van der Waals surface area (Å²) in [5.74, 6) is -0.193. The Labute approximate surface area is 121 Å². The molecule has 19 heavy (non-hydrogen) atoms. The fourth-order valence-corrected chi connectivity index (χ4v) is 2.39. The van der Waals surface area contributed by atoms with Crippen molar-refractivity contribution in [2.24, 2.45) is 7.05 Å². The number of hydrogen-bond donors (Lipinski definition) is 1. The van der Waals surface area contributed by atoms with Gasteiger partial charge in [0.15, 0.2) is 0 Å². The Bertz CT molecular complexity index is 593. The molecule has 0 aliphatic carbocycles. The summed E-state index contributed by atoms with van der Waals surface area (Å²) in [6.07, 6.45) is 0. The third-order valence-electron chi connectivity index (χ3n) is 3.29. The molecule has 0 aliphatic rings. The molecule has 5 heteroatoms. The van der Waals surface area contributed by atoms with Crippen LogP contribution < -0.4 is 5.32 Å². The van der Waals surface area contributed by atoms with Crippen molar-refractivity contribution in [2.45, 2.75) is 26.9 Å². The van der Waals surface area contributed by atoms with Crippen molar-refractivity contribution in [3.8, 4) is 0 Å². The second-order valence-corrected chi connectivity index (χ2v) is 5.53. The van der Waals surface area contributed by atoms with Crippen molar-refractivity contribution in [2.75, 3.05) is 0 Å². The molecule has 0 fully saturated rings. The summed E-state index contributed by atoms with van der Waals surface area (Å²) in [5.41, 5.74) is 4.01. The van der Waals surface area contributed by atoms with E-state index in [2.05, 4.69) is 26.3 Å². The number of rotatable bonds is 4. The van der Waals surface area contributed by atoms with Gasteiger partial charge in [-0.2, -0.15) is 5.10 Å². The van der Waals surface area contributed by atoms with Crippen LogP contribution in [0.1, 0.15) is 22.5 Å². The van der Waals surface area contributed by atoms with Crippen molar-refractivity contribution < 1.29 is 4.39 Å². The molecule has 0 radical (unpaired) electrons. The molecule has 3 nitrogen and oxygen atoms in total. The molecule has 0 atom stereocenters. The van der Waals surface area contributed by atoms with Crippen molar-refractivity contribution in [3.05, 3.63) is 51.0 Å². The van der Waals surface area contributed by atoms with E-state index in [1.54, 1.807) is 6.07 Å². The summed E-state index contributed by atoms with van der Waals surface area (Å²) in [7, 11) is 1.93. The first kappa shape index (κ1) is 14.2. The van der Waals surface area contributed by atoms with Gasteiger partial charge in [-0.1, -0.05) is 22.0 Å². The smallest absolute Gasteiger partial charge is 0.128 e. The van der Waals surface area contributed by atoms with Crippen LogP contribution in [0.5, 0.6) is 0 Å². The van der Waals surface area contributed by atoms with Gasteiger partial charge in [0.2, 0.25) is 0 Å². The topological polar surface area (TPSA) is 29.9 Å². The summed E-state index contributed by atoms with van der Waals surface area (Å²) in [5, 5.41) is 7.63. The van der Waals surface area contributed by atoms with E-state index in [0.29, 0.717) is 18.7 Å². The zero-order chi connectivity index (χ0) is 14.0. The highest BCUT2D eigenvalue weighted by Gasteiger charge is 2.09. The van der Waals surface area contributed by atoms with Crippen molar-refractivity contribution in [3.63, 3.8) is 0 Å². The maximum absolute atomic E-state index is 13.7. The Balaban J connectivity index is 2.00. The van der Waals surface area contributed by atoms with Crippen LogP contribution in [0.15, 0.2) is 22.7 Å². The van der Waals surface area contributed by atoms with Gasteiger partial charge in [-0.25, -0.2) is 4.39 Å². The standard InChI is InChI=1S/C14H17BrFN3/c1-9-13(10(2)19(3)18-9)8-17-7-11-4-5-12(15)6-14(11)16/h4-6,17H,7-8H2,1-3H3. The number of nitrogens with zero attached hydrogens (tertiary/aromatic N) is 2. The van der Waals surface area contributed by atoms with Gasteiger partial charge >= 0.3 is 0 Å². The maximum Gasteiger partial charge on any atom is 0.128 e. The summed E-state index contributed by atoms with van der Waals surface area (Å²) < 4.78 is 16.3. The summed E-state index contributed by atoms with van der Waals surface area (Å²) in [6.45, 7) is 5.23. The van der Waals surface area contributed by atoms with Crippen LogP contribution in [-0.2, 0) is 20.1 Å². The van der Waals surface area contributed by atoms with E-state index >= 15 is 0 Å². The number of aryl methyl sites for hydroxylation is 2. The minimum atomic E-state index is -0.193. The van der Waals surface area contributed by atoms with Gasteiger partial charge in [0.05, 0.1) is 5.69 Å². The first-order chi connectivity index (χ1) is 8.99. The molecule has 1 heterocycles. The van der Waals surface area contributed by atoms with E-state index < -0.39 is 0 Å². The van der Waals surface area contributed by atoms with Crippen LogP contribution in [0.25, 0.3) is 0 Å². The predicted octanol–water partition coefficient (Wildman–Crippen LogP) is 3.23. The van der Waals surface area contributed by atoms with Gasteiger partial charge in [0.1, 0.15) is 5.82 Å². The maximum atomic E-state index is 13.7. The van der Waals surface area contributed by atoms with Crippen LogP contribution in [0.4, 0.5) is 4.39 Å². The Kier molecular flexibility index (Phi) is 4.37. The fraction of sp³-hybridized carbons (Fsp3) is 0.357. The molecular formula is C14H17BrFN3. The average Bonchev–Trinajstić information content (AvgIpc) is 2.58. The molecule has 0 spiro atoms. The van der Waals surface area contributed by atoms with Crippen LogP contribution in [-0.4, -0.2) is 9.78 Å². The molecular weight excluding hydrogens is 309 g/mol. The predicted molar refractivity (Wildman–Crippen MR) is 77.3 cm³/mol. The third kappa shape index (κ3) is 3.22. The molecule has 1 N–H and O–H groups in total. The molecule has 2 aromatic rings. The quantitative estimate of drug-likeness (QED) is 0.935. The van der Waals surface area contributed by atoms with Crippen LogP contribution in [0.2, 0.25) is 0 Å². The van der Waals surface area contributed by atoms with Gasteiger partial charge in [0, 0.05) is 41.4 Å². The van der Waals surface area contributed by atoms with Crippen LogP contribution >= 0.6 is 15.9 Å². The second kappa shape index (κ2) is 5.84. The molecule has 0 saturated carbocycles. The van der Waals surface area contributed by atoms with Crippen molar-refractivity contribution in [1.29, 1.82) is 0 Å². The zero-order valence-electron chi connectivity index (χ0n) is 11.3. The Hall–Kier alpha value is -1.20. The zero-order valence-corrected chi connectivity index (χ0v) is 12.9. The number of halogens is 2. The highest BCUT2D eigenvalue weighted by Crippen LogP contribution is 2.16. The first-order valence-corrected chi connectivity index (χ1v) is 6.92. The Morgan fingerprint density at radius 3 is 2.63 bits per heavy atom. The van der Waals surface area contributed by atoms with E-state index in [1.807, 2.05) is 31.6 Å². The first-order valence-electron chi connectivity index (χ1n) is 6.12. The largest absolute Gasteiger partial charge is 0.308 e. The number of aromatic nitrogens is 2. The van der Waals surface area contributed by atoms with Crippen LogP contribution in [0.3, 0.4) is 0 Å². The molecule has 2 rings (SSSR count). The van der Waals surface area contributed by atoms with Gasteiger partial charge in [-0.3, -0.25) is 4.68 Å². The van der Waals surface area contributed by atoms with E-state index in [1.165, 1.54) is 11.6 Å². The van der Waals surface area contributed by atoms with E-state index in [-0.39, 0.29) is 5.82 Å². The van der Waals surface area contributed by atoms with E-state index in [0.717, 1.165) is 15.9 Å². The fourth-order valence-electron chi connectivity index (χ4n) is 2.06. The molecule has 0 saturated heterocycles. The lowest BCUT2D eigenvalue weighted by atomic mass is 10.2. The summed E-state index contributed by atoms with van der Waals surface area (Å²) >= 11 is 3.25. The molecule has 0 unspecified atom stereocenters. The molecule has 1 aromatic carbocycles. The lowest BCUT2D eigenvalue weighted by Crippen LogP contribution is -2.14. The molecule has 1 aromatic heterocycles. The Morgan fingerprint density at radius 2 is 2.05 bits per heavy atom. The summed E-state index contributed by atoms with van der Waals surface area (Å²) in [6, 6.07) is 5.12. The minimum absolute atomic E-state index is 0.193. The minimum Gasteiger partial charge on any atom is -0.308 e. The lowest BCUT2D eigenvalue weighted by Gasteiger charge is -2.07. The number of hydrogen-bond acceptors (Lipinski definition) is 2. The Morgan fingerprint density at radius 1 is 1.32 bits per heavy atom. The number of benzene rings is 1. The SMILES string of the molecule is Cc1nn(C)c(C)c1CNCc1ccc(Br)cc1F. The lowest BCUT2D eigenvalue weighted by molar-refractivity contribution is 0.586. The molecule has 0 amide bonds. The molecule has 0 bridgehead atoms. The monoisotopic (exact) mass is 325 g/mol. The van der Waals surface area contributed by atoms with Gasteiger partial charge in [0.25, 0.3) is 0 Å². The van der Waals surface area contributed by atoms with Gasteiger partial charge in [-0.05, 0) is 26.0 Å². The second-order valence-electron chi connectivity index (χ2n) is 4.61. The average molecular weight is 326 g/mol. The third-order valence-corrected chi connectivity index (χ3v) is 3.78. The highest BCUT2D eigenvalue weighted by molar-refractivity contribution is 9.10. The molecule has 102 valence electrons. The van der Waals surface area contributed by atoms with E-state index in [9.17, 15) is 4.39 Å². The van der Waals surface area contributed by atoms with Crippen molar-refractivity contribution in [1.82, 2.24) is 15.1 Å². The van der Waals surface area contributed by atoms with E-state index in [4.69, 9.17) is 0 Å². The number of nitrogens with one attached hydrogen (secondary N) is 1.